The number of hydrogen-bond acceptors (Lipinski definition) is 3. The Morgan fingerprint density at radius 1 is 1.20 bits per heavy atom. The lowest BCUT2D eigenvalue weighted by molar-refractivity contribution is 0.237. The van der Waals surface area contributed by atoms with Gasteiger partial charge >= 0.3 is 0 Å². The average Bonchev–Trinajstić information content (AvgIpc) is 3.09. The van der Waals surface area contributed by atoms with Crippen molar-refractivity contribution in [1.82, 2.24) is 4.90 Å². The van der Waals surface area contributed by atoms with Crippen molar-refractivity contribution in [2.45, 2.75) is 51.7 Å². The van der Waals surface area contributed by atoms with E-state index < -0.39 is 0 Å². The van der Waals surface area contributed by atoms with E-state index in [0.717, 1.165) is 11.3 Å². The van der Waals surface area contributed by atoms with Gasteiger partial charge in [0.2, 0.25) is 0 Å². The van der Waals surface area contributed by atoms with E-state index >= 15 is 0 Å². The third-order valence-corrected chi connectivity index (χ3v) is 4.60. The van der Waals surface area contributed by atoms with E-state index in [-0.39, 0.29) is 0 Å². The molecule has 1 fully saturated rings. The first-order chi connectivity index (χ1) is 9.70. The molecule has 1 heterocycles. The summed E-state index contributed by atoms with van der Waals surface area (Å²) in [5.41, 5.74) is 3.09. The topological polar surface area (TPSA) is 30.3 Å². The molecule has 1 aromatic rings. The maximum Gasteiger partial charge on any atom is 0.103 e. The van der Waals surface area contributed by atoms with Crippen LogP contribution in [0.2, 0.25) is 0 Å². The van der Waals surface area contributed by atoms with Gasteiger partial charge in [-0.25, -0.2) is 0 Å². The second-order valence-corrected chi connectivity index (χ2v) is 5.84. The van der Waals surface area contributed by atoms with Gasteiger partial charge in [-0.1, -0.05) is 18.9 Å². The first-order valence-electron chi connectivity index (χ1n) is 7.45. The van der Waals surface area contributed by atoms with Crippen molar-refractivity contribution in [3.8, 4) is 6.07 Å². The predicted molar refractivity (Wildman–Crippen MR) is 81.1 cm³/mol. The van der Waals surface area contributed by atoms with Crippen LogP contribution < -0.4 is 4.90 Å². The SMILES string of the molecule is Cc1ccc(C#N)cc1N1C=CN(C2CCCC2)[C@H]1C. The fraction of sp³-hybridized carbons (Fsp3) is 0.471. The predicted octanol–water partition coefficient (Wildman–Crippen LogP) is 3.75. The van der Waals surface area contributed by atoms with Crippen LogP contribution in [0.5, 0.6) is 0 Å². The van der Waals surface area contributed by atoms with Crippen LogP contribution in [0.15, 0.2) is 30.6 Å². The van der Waals surface area contributed by atoms with Gasteiger partial charge in [-0.15, -0.1) is 0 Å². The third kappa shape index (κ3) is 2.16. The molecule has 2 aliphatic rings. The molecule has 0 N–H and O–H groups in total. The van der Waals surface area contributed by atoms with Gasteiger partial charge in [0.05, 0.1) is 11.6 Å². The molecule has 0 aromatic heterocycles. The zero-order valence-electron chi connectivity index (χ0n) is 12.2. The van der Waals surface area contributed by atoms with Gasteiger partial charge in [0.25, 0.3) is 0 Å². The molecule has 0 bridgehead atoms. The molecule has 0 amide bonds. The summed E-state index contributed by atoms with van der Waals surface area (Å²) in [6.45, 7) is 4.35. The standard InChI is InChI=1S/C17H21N3/c1-13-7-8-15(12-18)11-17(13)20-10-9-19(14(20)2)16-5-3-4-6-16/h7-11,14,16H,3-6H2,1-2H3/t14-/m1/s1. The molecule has 3 heteroatoms. The minimum absolute atomic E-state index is 0.339. The summed E-state index contributed by atoms with van der Waals surface area (Å²) in [6, 6.07) is 8.84. The van der Waals surface area contributed by atoms with Crippen LogP contribution in [-0.2, 0) is 0 Å². The Labute approximate surface area is 121 Å². The lowest BCUT2D eigenvalue weighted by Crippen LogP contribution is -2.41. The summed E-state index contributed by atoms with van der Waals surface area (Å²) in [4.78, 5) is 4.76. The number of anilines is 1. The normalized spacial score (nSPS) is 22.6. The van der Waals surface area contributed by atoms with Crippen molar-refractivity contribution in [3.63, 3.8) is 0 Å². The van der Waals surface area contributed by atoms with Gasteiger partial charge in [-0.3, -0.25) is 0 Å². The average molecular weight is 267 g/mol. The Morgan fingerprint density at radius 2 is 1.95 bits per heavy atom. The van der Waals surface area contributed by atoms with E-state index in [2.05, 4.69) is 42.1 Å². The zero-order chi connectivity index (χ0) is 14.1. The summed E-state index contributed by atoms with van der Waals surface area (Å²) in [5, 5.41) is 9.09. The highest BCUT2D eigenvalue weighted by Crippen LogP contribution is 2.33. The number of nitriles is 1. The van der Waals surface area contributed by atoms with Gasteiger partial charge in [0.1, 0.15) is 6.17 Å². The number of benzene rings is 1. The van der Waals surface area contributed by atoms with Crippen LogP contribution in [0, 0.1) is 18.3 Å². The van der Waals surface area contributed by atoms with Crippen LogP contribution in [0.1, 0.15) is 43.7 Å². The van der Waals surface area contributed by atoms with Crippen LogP contribution in [0.4, 0.5) is 5.69 Å². The molecule has 1 saturated carbocycles. The first-order valence-corrected chi connectivity index (χ1v) is 7.45. The second-order valence-electron chi connectivity index (χ2n) is 5.84. The van der Waals surface area contributed by atoms with Crippen molar-refractivity contribution in [2.75, 3.05) is 4.90 Å². The molecule has 0 radical (unpaired) electrons. The molecule has 0 spiro atoms. The summed E-state index contributed by atoms with van der Waals surface area (Å²) >= 11 is 0. The first kappa shape index (κ1) is 13.1. The van der Waals surface area contributed by atoms with Gasteiger partial charge in [0.15, 0.2) is 0 Å². The third-order valence-electron chi connectivity index (χ3n) is 4.60. The van der Waals surface area contributed by atoms with Crippen LogP contribution in [0.25, 0.3) is 0 Å². The molecule has 104 valence electrons. The Balaban J connectivity index is 1.85. The van der Waals surface area contributed by atoms with E-state index in [0.29, 0.717) is 12.2 Å². The van der Waals surface area contributed by atoms with Crippen LogP contribution >= 0.6 is 0 Å². The largest absolute Gasteiger partial charge is 0.353 e. The van der Waals surface area contributed by atoms with Gasteiger partial charge in [-0.2, -0.15) is 5.26 Å². The maximum atomic E-state index is 9.09. The number of nitrogens with zero attached hydrogens (tertiary/aromatic N) is 3. The molecular weight excluding hydrogens is 246 g/mol. The monoisotopic (exact) mass is 267 g/mol. The molecule has 1 aliphatic carbocycles. The summed E-state index contributed by atoms with van der Waals surface area (Å²) in [5.74, 6) is 0. The van der Waals surface area contributed by atoms with Crippen molar-refractivity contribution in [1.29, 1.82) is 5.26 Å². The number of rotatable bonds is 2. The minimum Gasteiger partial charge on any atom is -0.353 e. The second kappa shape index (κ2) is 5.20. The quantitative estimate of drug-likeness (QED) is 0.817. The van der Waals surface area contributed by atoms with Gasteiger partial charge in [-0.05, 0) is 44.4 Å². The Kier molecular flexibility index (Phi) is 3.40. The van der Waals surface area contributed by atoms with Gasteiger partial charge < -0.3 is 9.80 Å². The lowest BCUT2D eigenvalue weighted by Gasteiger charge is -2.34. The molecular formula is C17H21N3. The van der Waals surface area contributed by atoms with Crippen molar-refractivity contribution in [2.24, 2.45) is 0 Å². The summed E-state index contributed by atoms with van der Waals surface area (Å²) in [6.07, 6.45) is 10.0. The van der Waals surface area contributed by atoms with Crippen molar-refractivity contribution < 1.29 is 0 Å². The zero-order valence-corrected chi connectivity index (χ0v) is 12.2. The summed E-state index contributed by atoms with van der Waals surface area (Å²) in [7, 11) is 0. The van der Waals surface area contributed by atoms with E-state index in [1.165, 1.54) is 31.2 Å². The number of hydrogen-bond donors (Lipinski definition) is 0. The Hall–Kier alpha value is -1.95. The molecule has 3 rings (SSSR count). The molecule has 1 atom stereocenters. The van der Waals surface area contributed by atoms with E-state index in [9.17, 15) is 0 Å². The molecule has 1 aliphatic heterocycles. The highest BCUT2D eigenvalue weighted by molar-refractivity contribution is 5.60. The van der Waals surface area contributed by atoms with E-state index in [1.54, 1.807) is 0 Å². The van der Waals surface area contributed by atoms with Crippen LogP contribution in [0.3, 0.4) is 0 Å². The van der Waals surface area contributed by atoms with Gasteiger partial charge in [0, 0.05) is 24.1 Å². The minimum atomic E-state index is 0.339. The highest BCUT2D eigenvalue weighted by Gasteiger charge is 2.31. The Morgan fingerprint density at radius 3 is 2.65 bits per heavy atom. The Bertz CT molecular complexity index is 564. The maximum absolute atomic E-state index is 9.09. The smallest absolute Gasteiger partial charge is 0.103 e. The fourth-order valence-electron chi connectivity index (χ4n) is 3.41. The van der Waals surface area contributed by atoms with Crippen molar-refractivity contribution in [3.05, 3.63) is 41.7 Å². The lowest BCUT2D eigenvalue weighted by atomic mass is 10.1. The highest BCUT2D eigenvalue weighted by atomic mass is 15.4. The molecule has 1 aromatic carbocycles. The number of aryl methyl sites for hydroxylation is 1. The van der Waals surface area contributed by atoms with E-state index in [1.807, 2.05) is 18.2 Å². The fourth-order valence-corrected chi connectivity index (χ4v) is 3.41. The van der Waals surface area contributed by atoms with Crippen molar-refractivity contribution >= 4 is 5.69 Å². The molecule has 0 saturated heterocycles. The van der Waals surface area contributed by atoms with E-state index in [4.69, 9.17) is 5.26 Å². The molecule has 3 nitrogen and oxygen atoms in total. The summed E-state index contributed by atoms with van der Waals surface area (Å²) < 4.78 is 0. The molecule has 0 unspecified atom stereocenters. The molecule has 20 heavy (non-hydrogen) atoms. The van der Waals surface area contributed by atoms with Crippen LogP contribution in [-0.4, -0.2) is 17.1 Å².